The molecule has 4 nitrogen and oxygen atoms in total. The Labute approximate surface area is 117 Å². The van der Waals surface area contributed by atoms with Crippen molar-refractivity contribution in [2.75, 3.05) is 7.11 Å². The SMILES string of the molecule is CCCn1ccnc1C(O)c1c(Cl)cccc1OC. The largest absolute Gasteiger partial charge is 0.496 e. The molecule has 0 aliphatic rings. The van der Waals surface area contributed by atoms with Crippen molar-refractivity contribution in [3.8, 4) is 5.75 Å². The van der Waals surface area contributed by atoms with Gasteiger partial charge in [0.1, 0.15) is 17.7 Å². The number of rotatable bonds is 5. The summed E-state index contributed by atoms with van der Waals surface area (Å²) < 4.78 is 7.19. The van der Waals surface area contributed by atoms with Gasteiger partial charge < -0.3 is 14.4 Å². The number of aliphatic hydroxyl groups is 1. The predicted octanol–water partition coefficient (Wildman–Crippen LogP) is 3.04. The minimum atomic E-state index is -0.898. The number of benzene rings is 1. The molecule has 0 aliphatic carbocycles. The van der Waals surface area contributed by atoms with Crippen molar-refractivity contribution in [3.63, 3.8) is 0 Å². The minimum absolute atomic E-state index is 0.470. The third-order valence-corrected chi connectivity index (χ3v) is 3.29. The van der Waals surface area contributed by atoms with Gasteiger partial charge in [-0.3, -0.25) is 0 Å². The highest BCUT2D eigenvalue weighted by atomic mass is 35.5. The van der Waals surface area contributed by atoms with Gasteiger partial charge in [0.05, 0.1) is 12.1 Å². The van der Waals surface area contributed by atoms with E-state index in [0.717, 1.165) is 13.0 Å². The van der Waals surface area contributed by atoms with E-state index in [2.05, 4.69) is 11.9 Å². The number of hydrogen-bond acceptors (Lipinski definition) is 3. The van der Waals surface area contributed by atoms with E-state index in [-0.39, 0.29) is 0 Å². The van der Waals surface area contributed by atoms with Crippen molar-refractivity contribution < 1.29 is 9.84 Å². The molecule has 0 bridgehead atoms. The maximum Gasteiger partial charge on any atom is 0.142 e. The predicted molar refractivity (Wildman–Crippen MR) is 74.6 cm³/mol. The van der Waals surface area contributed by atoms with Gasteiger partial charge in [0.15, 0.2) is 0 Å². The zero-order valence-electron chi connectivity index (χ0n) is 11.0. The van der Waals surface area contributed by atoms with E-state index < -0.39 is 6.10 Å². The monoisotopic (exact) mass is 280 g/mol. The lowest BCUT2D eigenvalue weighted by molar-refractivity contribution is 0.199. The highest BCUT2D eigenvalue weighted by Gasteiger charge is 2.22. The van der Waals surface area contributed by atoms with Crippen LogP contribution in [0.3, 0.4) is 0 Å². The number of hydrogen-bond donors (Lipinski definition) is 1. The first-order chi connectivity index (χ1) is 9.19. The van der Waals surface area contributed by atoms with Crippen LogP contribution in [0.2, 0.25) is 5.02 Å². The maximum atomic E-state index is 10.5. The first kappa shape index (κ1) is 13.9. The van der Waals surface area contributed by atoms with Crippen molar-refractivity contribution in [2.24, 2.45) is 0 Å². The molecule has 0 aliphatic heterocycles. The molecule has 1 unspecified atom stereocenters. The lowest BCUT2D eigenvalue weighted by Gasteiger charge is -2.17. The van der Waals surface area contributed by atoms with Crippen LogP contribution in [0.5, 0.6) is 5.75 Å². The first-order valence-electron chi connectivity index (χ1n) is 6.20. The van der Waals surface area contributed by atoms with Crippen LogP contribution in [0.1, 0.15) is 30.8 Å². The standard InChI is InChI=1S/C14H17ClN2O2/c1-3-8-17-9-7-16-14(17)13(18)12-10(15)5-4-6-11(12)19-2/h4-7,9,13,18H,3,8H2,1-2H3. The number of imidazole rings is 1. The summed E-state index contributed by atoms with van der Waals surface area (Å²) in [7, 11) is 1.56. The Hall–Kier alpha value is -1.52. The van der Waals surface area contributed by atoms with Crippen LogP contribution in [0, 0.1) is 0 Å². The van der Waals surface area contributed by atoms with Gasteiger partial charge >= 0.3 is 0 Å². The van der Waals surface area contributed by atoms with Crippen LogP contribution < -0.4 is 4.74 Å². The average Bonchev–Trinajstić information content (AvgIpc) is 2.86. The number of nitrogens with zero attached hydrogens (tertiary/aromatic N) is 2. The molecule has 0 spiro atoms. The Kier molecular flexibility index (Phi) is 4.45. The van der Waals surface area contributed by atoms with Crippen molar-refractivity contribution in [1.29, 1.82) is 0 Å². The van der Waals surface area contributed by atoms with Crippen molar-refractivity contribution in [1.82, 2.24) is 9.55 Å². The number of methoxy groups -OCH3 is 1. The molecule has 5 heteroatoms. The summed E-state index contributed by atoms with van der Waals surface area (Å²) in [5.41, 5.74) is 0.551. The van der Waals surface area contributed by atoms with Crippen LogP contribution in [0.25, 0.3) is 0 Å². The summed E-state index contributed by atoms with van der Waals surface area (Å²) in [6.07, 6.45) is 3.60. The van der Waals surface area contributed by atoms with Gasteiger partial charge in [-0.15, -0.1) is 0 Å². The van der Waals surface area contributed by atoms with Crippen LogP contribution >= 0.6 is 11.6 Å². The van der Waals surface area contributed by atoms with E-state index in [0.29, 0.717) is 22.2 Å². The zero-order chi connectivity index (χ0) is 13.8. The molecule has 1 aromatic heterocycles. The van der Waals surface area contributed by atoms with Gasteiger partial charge in [-0.2, -0.15) is 0 Å². The van der Waals surface area contributed by atoms with Crippen LogP contribution in [0.15, 0.2) is 30.6 Å². The summed E-state index contributed by atoms with van der Waals surface area (Å²) in [5.74, 6) is 1.14. The fourth-order valence-corrected chi connectivity index (χ4v) is 2.36. The van der Waals surface area contributed by atoms with Crippen molar-refractivity contribution in [3.05, 3.63) is 47.0 Å². The molecule has 102 valence electrons. The molecule has 2 aromatic rings. The fourth-order valence-electron chi connectivity index (χ4n) is 2.09. The summed E-state index contributed by atoms with van der Waals surface area (Å²) in [4.78, 5) is 4.23. The Morgan fingerprint density at radius 2 is 2.26 bits per heavy atom. The summed E-state index contributed by atoms with van der Waals surface area (Å²) in [6.45, 7) is 2.88. The number of halogens is 1. The Balaban J connectivity index is 2.43. The second-order valence-corrected chi connectivity index (χ2v) is 4.64. The second kappa shape index (κ2) is 6.08. The van der Waals surface area contributed by atoms with Gasteiger partial charge in [0.25, 0.3) is 0 Å². The second-order valence-electron chi connectivity index (χ2n) is 4.24. The molecule has 19 heavy (non-hydrogen) atoms. The third kappa shape index (κ3) is 2.74. The molecule has 1 heterocycles. The van der Waals surface area contributed by atoms with Gasteiger partial charge in [0, 0.05) is 24.5 Å². The topological polar surface area (TPSA) is 47.3 Å². The summed E-state index contributed by atoms with van der Waals surface area (Å²) >= 11 is 6.17. The van der Waals surface area contributed by atoms with Crippen LogP contribution in [-0.4, -0.2) is 21.8 Å². The van der Waals surface area contributed by atoms with E-state index in [4.69, 9.17) is 16.3 Å². The molecule has 1 aromatic carbocycles. The number of aromatic nitrogens is 2. The molecular weight excluding hydrogens is 264 g/mol. The Morgan fingerprint density at radius 3 is 2.95 bits per heavy atom. The summed E-state index contributed by atoms with van der Waals surface area (Å²) in [6, 6.07) is 5.29. The summed E-state index contributed by atoms with van der Waals surface area (Å²) in [5, 5.41) is 11.0. The quantitative estimate of drug-likeness (QED) is 0.916. The van der Waals surface area contributed by atoms with Crippen molar-refractivity contribution >= 4 is 11.6 Å². The molecule has 1 atom stereocenters. The number of aliphatic hydroxyl groups excluding tert-OH is 1. The minimum Gasteiger partial charge on any atom is -0.496 e. The Morgan fingerprint density at radius 1 is 1.47 bits per heavy atom. The normalized spacial score (nSPS) is 12.4. The fraction of sp³-hybridized carbons (Fsp3) is 0.357. The van der Waals surface area contributed by atoms with Gasteiger partial charge in [-0.25, -0.2) is 4.98 Å². The van der Waals surface area contributed by atoms with Crippen molar-refractivity contribution in [2.45, 2.75) is 26.0 Å². The highest BCUT2D eigenvalue weighted by molar-refractivity contribution is 6.31. The van der Waals surface area contributed by atoms with Crippen LogP contribution in [0.4, 0.5) is 0 Å². The Bertz CT molecular complexity index is 554. The lowest BCUT2D eigenvalue weighted by atomic mass is 10.1. The van der Waals surface area contributed by atoms with E-state index >= 15 is 0 Å². The molecule has 0 amide bonds. The maximum absolute atomic E-state index is 10.5. The number of ether oxygens (including phenoxy) is 1. The molecular formula is C14H17ClN2O2. The smallest absolute Gasteiger partial charge is 0.142 e. The van der Waals surface area contributed by atoms with Gasteiger partial charge in [0.2, 0.25) is 0 Å². The molecule has 1 N–H and O–H groups in total. The number of aryl methyl sites for hydroxylation is 1. The van der Waals surface area contributed by atoms with E-state index in [1.54, 1.807) is 31.5 Å². The average molecular weight is 281 g/mol. The molecule has 2 rings (SSSR count). The van der Waals surface area contributed by atoms with E-state index in [1.807, 2.05) is 10.8 Å². The molecule has 0 radical (unpaired) electrons. The third-order valence-electron chi connectivity index (χ3n) is 2.96. The molecule has 0 saturated heterocycles. The molecule has 0 fully saturated rings. The van der Waals surface area contributed by atoms with Gasteiger partial charge in [-0.1, -0.05) is 24.6 Å². The highest BCUT2D eigenvalue weighted by Crippen LogP contribution is 2.35. The van der Waals surface area contributed by atoms with E-state index in [1.165, 1.54) is 0 Å². The van der Waals surface area contributed by atoms with E-state index in [9.17, 15) is 5.11 Å². The van der Waals surface area contributed by atoms with Gasteiger partial charge in [-0.05, 0) is 18.6 Å². The zero-order valence-corrected chi connectivity index (χ0v) is 11.8. The lowest BCUT2D eigenvalue weighted by Crippen LogP contribution is -2.11. The first-order valence-corrected chi connectivity index (χ1v) is 6.58. The molecule has 0 saturated carbocycles. The van der Waals surface area contributed by atoms with Crippen LogP contribution in [-0.2, 0) is 6.54 Å².